The van der Waals surface area contributed by atoms with Crippen LogP contribution in [0.3, 0.4) is 0 Å². The average molecular weight is 286 g/mol. The van der Waals surface area contributed by atoms with Gasteiger partial charge < -0.3 is 14.5 Å². The standard InChI is InChI=1S/C17H22N2O2/c1-2-4-7-12(6-3-1)17-18-13-10-15-16(11-14(13)19-17)21-9-5-8-20-15/h10-12H,1-9H2,(H,18,19). The van der Waals surface area contributed by atoms with Gasteiger partial charge in [-0.15, -0.1) is 0 Å². The van der Waals surface area contributed by atoms with Gasteiger partial charge in [0.2, 0.25) is 0 Å². The van der Waals surface area contributed by atoms with Gasteiger partial charge in [0.05, 0.1) is 24.2 Å². The van der Waals surface area contributed by atoms with E-state index in [1.807, 2.05) is 12.1 Å². The molecule has 2 aromatic rings. The van der Waals surface area contributed by atoms with Gasteiger partial charge in [0.25, 0.3) is 0 Å². The molecule has 1 saturated carbocycles. The predicted octanol–water partition coefficient (Wildman–Crippen LogP) is 4.16. The summed E-state index contributed by atoms with van der Waals surface area (Å²) in [7, 11) is 0. The van der Waals surface area contributed by atoms with Gasteiger partial charge >= 0.3 is 0 Å². The van der Waals surface area contributed by atoms with E-state index in [0.717, 1.165) is 48.0 Å². The van der Waals surface area contributed by atoms with Crippen LogP contribution >= 0.6 is 0 Å². The third kappa shape index (κ3) is 2.59. The summed E-state index contributed by atoms with van der Waals surface area (Å²) in [6.45, 7) is 1.44. The number of nitrogens with zero attached hydrogens (tertiary/aromatic N) is 1. The summed E-state index contributed by atoms with van der Waals surface area (Å²) in [5.41, 5.74) is 2.07. The van der Waals surface area contributed by atoms with Crippen LogP contribution in [0, 0.1) is 0 Å². The van der Waals surface area contributed by atoms with Crippen molar-refractivity contribution in [2.45, 2.75) is 50.9 Å². The van der Waals surface area contributed by atoms with Crippen molar-refractivity contribution in [3.63, 3.8) is 0 Å². The van der Waals surface area contributed by atoms with E-state index < -0.39 is 0 Å². The Morgan fingerprint density at radius 3 is 2.38 bits per heavy atom. The van der Waals surface area contributed by atoms with Gasteiger partial charge in [0, 0.05) is 24.5 Å². The molecule has 1 fully saturated rings. The molecule has 0 atom stereocenters. The van der Waals surface area contributed by atoms with Gasteiger partial charge in [-0.2, -0.15) is 0 Å². The molecular formula is C17H22N2O2. The number of hydrogen-bond donors (Lipinski definition) is 1. The van der Waals surface area contributed by atoms with Crippen molar-refractivity contribution < 1.29 is 9.47 Å². The van der Waals surface area contributed by atoms with Crippen LogP contribution in [0.1, 0.15) is 56.7 Å². The van der Waals surface area contributed by atoms with Gasteiger partial charge in [-0.3, -0.25) is 0 Å². The zero-order valence-corrected chi connectivity index (χ0v) is 12.4. The summed E-state index contributed by atoms with van der Waals surface area (Å²) in [5, 5.41) is 0. The number of imidazole rings is 1. The fraction of sp³-hybridized carbons (Fsp3) is 0.588. The second kappa shape index (κ2) is 5.58. The minimum Gasteiger partial charge on any atom is -0.489 e. The molecule has 1 aliphatic heterocycles. The molecule has 2 heterocycles. The largest absolute Gasteiger partial charge is 0.489 e. The van der Waals surface area contributed by atoms with Crippen LogP contribution in [-0.2, 0) is 0 Å². The molecule has 1 aliphatic carbocycles. The molecule has 112 valence electrons. The van der Waals surface area contributed by atoms with E-state index in [4.69, 9.17) is 14.5 Å². The zero-order valence-electron chi connectivity index (χ0n) is 12.4. The van der Waals surface area contributed by atoms with Crippen molar-refractivity contribution in [3.8, 4) is 11.5 Å². The first-order valence-corrected chi connectivity index (χ1v) is 8.19. The minimum absolute atomic E-state index is 0.585. The lowest BCUT2D eigenvalue weighted by Gasteiger charge is -2.09. The summed E-state index contributed by atoms with van der Waals surface area (Å²) in [6.07, 6.45) is 8.83. The number of aromatic nitrogens is 2. The van der Waals surface area contributed by atoms with Crippen molar-refractivity contribution in [2.75, 3.05) is 13.2 Å². The van der Waals surface area contributed by atoms with Crippen molar-refractivity contribution in [3.05, 3.63) is 18.0 Å². The first kappa shape index (κ1) is 13.0. The van der Waals surface area contributed by atoms with Gasteiger partial charge in [0.15, 0.2) is 11.5 Å². The van der Waals surface area contributed by atoms with E-state index in [-0.39, 0.29) is 0 Å². The number of benzene rings is 1. The van der Waals surface area contributed by atoms with Gasteiger partial charge in [-0.25, -0.2) is 4.98 Å². The van der Waals surface area contributed by atoms with E-state index in [0.29, 0.717) is 5.92 Å². The summed E-state index contributed by atoms with van der Waals surface area (Å²) in [5.74, 6) is 3.41. The molecule has 4 rings (SSSR count). The molecule has 4 heteroatoms. The van der Waals surface area contributed by atoms with Gasteiger partial charge in [-0.1, -0.05) is 25.7 Å². The monoisotopic (exact) mass is 286 g/mol. The Morgan fingerprint density at radius 1 is 0.905 bits per heavy atom. The number of fused-ring (bicyclic) bond motifs is 2. The Labute approximate surface area is 124 Å². The molecule has 1 N–H and O–H groups in total. The number of hydrogen-bond acceptors (Lipinski definition) is 3. The maximum absolute atomic E-state index is 5.76. The van der Waals surface area contributed by atoms with Gasteiger partial charge in [0.1, 0.15) is 5.82 Å². The Hall–Kier alpha value is -1.71. The molecule has 0 unspecified atom stereocenters. The van der Waals surface area contributed by atoms with Crippen LogP contribution in [-0.4, -0.2) is 23.2 Å². The Bertz CT molecular complexity index is 584. The fourth-order valence-electron chi connectivity index (χ4n) is 3.43. The summed E-state index contributed by atoms with van der Waals surface area (Å²) in [6, 6.07) is 4.07. The zero-order chi connectivity index (χ0) is 14.1. The molecule has 4 nitrogen and oxygen atoms in total. The first-order chi connectivity index (χ1) is 10.4. The highest BCUT2D eigenvalue weighted by molar-refractivity contribution is 5.80. The van der Waals surface area contributed by atoms with Crippen LogP contribution in [0.5, 0.6) is 11.5 Å². The smallest absolute Gasteiger partial charge is 0.163 e. The molecule has 2 aliphatic rings. The van der Waals surface area contributed by atoms with Crippen LogP contribution < -0.4 is 9.47 Å². The van der Waals surface area contributed by atoms with E-state index >= 15 is 0 Å². The second-order valence-electron chi connectivity index (χ2n) is 6.18. The van der Waals surface area contributed by atoms with Crippen molar-refractivity contribution in [2.24, 2.45) is 0 Å². The topological polar surface area (TPSA) is 47.1 Å². The minimum atomic E-state index is 0.585. The lowest BCUT2D eigenvalue weighted by atomic mass is 10.00. The van der Waals surface area contributed by atoms with E-state index in [1.54, 1.807) is 0 Å². The van der Waals surface area contributed by atoms with Crippen LogP contribution in [0.15, 0.2) is 12.1 Å². The molecule has 1 aromatic heterocycles. The summed E-state index contributed by atoms with van der Waals surface area (Å²) >= 11 is 0. The third-order valence-electron chi connectivity index (χ3n) is 4.61. The number of H-pyrrole nitrogens is 1. The average Bonchev–Trinajstić information content (AvgIpc) is 2.71. The quantitative estimate of drug-likeness (QED) is 0.801. The molecule has 1 aromatic carbocycles. The van der Waals surface area contributed by atoms with Crippen molar-refractivity contribution >= 4 is 11.0 Å². The highest BCUT2D eigenvalue weighted by Crippen LogP contribution is 2.36. The highest BCUT2D eigenvalue weighted by atomic mass is 16.5. The molecule has 0 spiro atoms. The van der Waals surface area contributed by atoms with Gasteiger partial charge in [-0.05, 0) is 12.8 Å². The predicted molar refractivity (Wildman–Crippen MR) is 82.1 cm³/mol. The third-order valence-corrected chi connectivity index (χ3v) is 4.61. The Kier molecular flexibility index (Phi) is 3.45. The van der Waals surface area contributed by atoms with Crippen molar-refractivity contribution in [1.82, 2.24) is 9.97 Å². The fourth-order valence-corrected chi connectivity index (χ4v) is 3.43. The molecular weight excluding hydrogens is 264 g/mol. The number of aromatic amines is 1. The molecule has 0 saturated heterocycles. The Morgan fingerprint density at radius 2 is 1.62 bits per heavy atom. The van der Waals surface area contributed by atoms with Crippen LogP contribution in [0.25, 0.3) is 11.0 Å². The second-order valence-corrected chi connectivity index (χ2v) is 6.18. The van der Waals surface area contributed by atoms with E-state index in [1.165, 1.54) is 38.5 Å². The molecule has 21 heavy (non-hydrogen) atoms. The van der Waals surface area contributed by atoms with E-state index in [9.17, 15) is 0 Å². The lowest BCUT2D eigenvalue weighted by molar-refractivity contribution is 0.297. The lowest BCUT2D eigenvalue weighted by Crippen LogP contribution is -1.99. The SMILES string of the molecule is c1c2c(cc3[nH]c(C4CCCCCC4)nc13)OCCCO2. The summed E-state index contributed by atoms with van der Waals surface area (Å²) < 4.78 is 11.5. The number of rotatable bonds is 1. The highest BCUT2D eigenvalue weighted by Gasteiger charge is 2.19. The van der Waals surface area contributed by atoms with Crippen LogP contribution in [0.4, 0.5) is 0 Å². The molecule has 0 radical (unpaired) electrons. The number of nitrogens with one attached hydrogen (secondary N) is 1. The maximum atomic E-state index is 5.76. The van der Waals surface area contributed by atoms with E-state index in [2.05, 4.69) is 4.98 Å². The van der Waals surface area contributed by atoms with Crippen LogP contribution in [0.2, 0.25) is 0 Å². The van der Waals surface area contributed by atoms with Crippen molar-refractivity contribution in [1.29, 1.82) is 0 Å². The first-order valence-electron chi connectivity index (χ1n) is 8.19. The maximum Gasteiger partial charge on any atom is 0.163 e. The normalized spacial score (nSPS) is 20.2. The molecule has 0 amide bonds. The summed E-state index contributed by atoms with van der Waals surface area (Å²) in [4.78, 5) is 8.34. The number of ether oxygens (including phenoxy) is 2. The Balaban J connectivity index is 1.69. The molecule has 0 bridgehead atoms.